The summed E-state index contributed by atoms with van der Waals surface area (Å²) in [6.07, 6.45) is 0.859. The second kappa shape index (κ2) is 4.84. The van der Waals surface area contributed by atoms with Crippen LogP contribution >= 0.6 is 0 Å². The number of ether oxygens (including phenoxy) is 2. The lowest BCUT2D eigenvalue weighted by molar-refractivity contribution is 0.0682. The molecular weight excluding hydrogens is 194 g/mol. The summed E-state index contributed by atoms with van der Waals surface area (Å²) in [5.74, 6) is 0. The fraction of sp³-hybridized carbons (Fsp3) is 0.909. The number of nitrogens with zero attached hydrogens (tertiary/aromatic N) is 1. The Morgan fingerprint density at radius 1 is 1.47 bits per heavy atom. The van der Waals surface area contributed by atoms with Crippen LogP contribution in [0.3, 0.4) is 0 Å². The maximum Gasteiger partial charge on any atom is 0.409 e. The predicted octanol–water partition coefficient (Wildman–Crippen LogP) is 1.89. The lowest BCUT2D eigenvalue weighted by atomic mass is 9.99. The SMILES string of the molecule is COC1CCN(C(=O)OCC(C)(C)C)C1. The van der Waals surface area contributed by atoms with E-state index in [1.165, 1.54) is 0 Å². The Labute approximate surface area is 91.5 Å². The van der Waals surface area contributed by atoms with E-state index < -0.39 is 0 Å². The quantitative estimate of drug-likeness (QED) is 0.706. The highest BCUT2D eigenvalue weighted by atomic mass is 16.6. The van der Waals surface area contributed by atoms with Crippen molar-refractivity contribution in [3.05, 3.63) is 0 Å². The van der Waals surface area contributed by atoms with E-state index in [4.69, 9.17) is 9.47 Å². The summed E-state index contributed by atoms with van der Waals surface area (Å²) in [6, 6.07) is 0. The summed E-state index contributed by atoms with van der Waals surface area (Å²) in [4.78, 5) is 13.3. The Kier molecular flexibility index (Phi) is 3.97. The smallest absolute Gasteiger partial charge is 0.409 e. The van der Waals surface area contributed by atoms with Crippen LogP contribution in [0.25, 0.3) is 0 Å². The maximum absolute atomic E-state index is 11.6. The standard InChI is InChI=1S/C11H21NO3/c1-11(2,3)8-15-10(13)12-6-5-9(7-12)14-4/h9H,5-8H2,1-4H3. The molecule has 0 spiro atoms. The monoisotopic (exact) mass is 215 g/mol. The van der Waals surface area contributed by atoms with Crippen LogP contribution in [-0.2, 0) is 9.47 Å². The summed E-state index contributed by atoms with van der Waals surface area (Å²) in [7, 11) is 1.68. The molecule has 0 aromatic heterocycles. The predicted molar refractivity (Wildman–Crippen MR) is 57.8 cm³/mol. The van der Waals surface area contributed by atoms with Crippen LogP contribution < -0.4 is 0 Å². The highest BCUT2D eigenvalue weighted by molar-refractivity contribution is 5.68. The zero-order valence-electron chi connectivity index (χ0n) is 10.1. The largest absolute Gasteiger partial charge is 0.449 e. The van der Waals surface area contributed by atoms with Crippen molar-refractivity contribution in [1.29, 1.82) is 0 Å². The molecule has 1 amide bonds. The molecule has 0 aromatic carbocycles. The number of hydrogen-bond donors (Lipinski definition) is 0. The van der Waals surface area contributed by atoms with E-state index in [9.17, 15) is 4.79 Å². The summed E-state index contributed by atoms with van der Waals surface area (Å²) in [5.41, 5.74) is 0.0239. The first-order valence-electron chi connectivity index (χ1n) is 5.37. The van der Waals surface area contributed by atoms with Gasteiger partial charge in [0, 0.05) is 13.7 Å². The molecule has 0 N–H and O–H groups in total. The van der Waals surface area contributed by atoms with Gasteiger partial charge in [-0.25, -0.2) is 4.79 Å². The minimum absolute atomic E-state index is 0.0239. The Hall–Kier alpha value is -0.770. The number of carbonyl (C=O) groups is 1. The molecule has 88 valence electrons. The van der Waals surface area contributed by atoms with E-state index in [-0.39, 0.29) is 17.6 Å². The fourth-order valence-corrected chi connectivity index (χ4v) is 1.46. The third kappa shape index (κ3) is 4.08. The van der Waals surface area contributed by atoms with E-state index in [0.717, 1.165) is 13.0 Å². The molecule has 4 heteroatoms. The van der Waals surface area contributed by atoms with Crippen molar-refractivity contribution < 1.29 is 14.3 Å². The molecule has 1 unspecified atom stereocenters. The zero-order chi connectivity index (χ0) is 11.5. The van der Waals surface area contributed by atoms with E-state index in [0.29, 0.717) is 13.2 Å². The summed E-state index contributed by atoms with van der Waals surface area (Å²) in [6.45, 7) is 7.98. The average Bonchev–Trinajstić information content (AvgIpc) is 2.61. The van der Waals surface area contributed by atoms with Crippen molar-refractivity contribution in [3.8, 4) is 0 Å². The Bertz CT molecular complexity index is 222. The molecule has 1 aliphatic heterocycles. The molecule has 1 fully saturated rings. The Morgan fingerprint density at radius 3 is 2.60 bits per heavy atom. The van der Waals surface area contributed by atoms with Gasteiger partial charge in [-0.1, -0.05) is 20.8 Å². The van der Waals surface area contributed by atoms with Crippen LogP contribution in [0.1, 0.15) is 27.2 Å². The molecule has 0 aliphatic carbocycles. The number of rotatable bonds is 2. The van der Waals surface area contributed by atoms with Gasteiger partial charge in [0.2, 0.25) is 0 Å². The first kappa shape index (κ1) is 12.3. The Morgan fingerprint density at radius 2 is 2.13 bits per heavy atom. The van der Waals surface area contributed by atoms with Crippen molar-refractivity contribution in [1.82, 2.24) is 4.90 Å². The molecule has 0 saturated carbocycles. The van der Waals surface area contributed by atoms with Gasteiger partial charge in [-0.3, -0.25) is 0 Å². The van der Waals surface area contributed by atoms with Crippen molar-refractivity contribution in [3.63, 3.8) is 0 Å². The lowest BCUT2D eigenvalue weighted by Gasteiger charge is -2.21. The third-order valence-electron chi connectivity index (χ3n) is 2.37. The van der Waals surface area contributed by atoms with Crippen LogP contribution in [0, 0.1) is 5.41 Å². The summed E-state index contributed by atoms with van der Waals surface area (Å²) < 4.78 is 10.4. The third-order valence-corrected chi connectivity index (χ3v) is 2.37. The highest BCUT2D eigenvalue weighted by Crippen LogP contribution is 2.16. The lowest BCUT2D eigenvalue weighted by Crippen LogP contribution is -2.32. The molecule has 1 saturated heterocycles. The molecule has 0 bridgehead atoms. The van der Waals surface area contributed by atoms with Crippen molar-refractivity contribution in [2.75, 3.05) is 26.8 Å². The summed E-state index contributed by atoms with van der Waals surface area (Å²) in [5, 5.41) is 0. The normalized spacial score (nSPS) is 21.9. The average molecular weight is 215 g/mol. The summed E-state index contributed by atoms with van der Waals surface area (Å²) >= 11 is 0. The van der Waals surface area contributed by atoms with E-state index in [2.05, 4.69) is 0 Å². The second-order valence-electron chi connectivity index (χ2n) is 5.21. The number of methoxy groups -OCH3 is 1. The van der Waals surface area contributed by atoms with Crippen LogP contribution in [0.15, 0.2) is 0 Å². The van der Waals surface area contributed by atoms with Gasteiger partial charge in [0.1, 0.15) is 0 Å². The molecule has 1 atom stereocenters. The molecule has 4 nitrogen and oxygen atoms in total. The van der Waals surface area contributed by atoms with Gasteiger partial charge in [-0.2, -0.15) is 0 Å². The van der Waals surface area contributed by atoms with Crippen LogP contribution in [-0.4, -0.2) is 43.9 Å². The van der Waals surface area contributed by atoms with Gasteiger partial charge >= 0.3 is 6.09 Å². The number of amides is 1. The molecule has 0 aromatic rings. The Balaban J connectivity index is 2.30. The highest BCUT2D eigenvalue weighted by Gasteiger charge is 2.27. The second-order valence-corrected chi connectivity index (χ2v) is 5.21. The molecule has 1 heterocycles. The first-order chi connectivity index (χ1) is 6.92. The van der Waals surface area contributed by atoms with E-state index in [1.807, 2.05) is 20.8 Å². The van der Waals surface area contributed by atoms with Crippen molar-refractivity contribution in [2.24, 2.45) is 5.41 Å². The van der Waals surface area contributed by atoms with Crippen molar-refractivity contribution in [2.45, 2.75) is 33.3 Å². The molecule has 0 radical (unpaired) electrons. The first-order valence-corrected chi connectivity index (χ1v) is 5.37. The molecule has 1 aliphatic rings. The van der Waals surface area contributed by atoms with Gasteiger partial charge in [0.25, 0.3) is 0 Å². The van der Waals surface area contributed by atoms with Gasteiger partial charge in [-0.05, 0) is 11.8 Å². The van der Waals surface area contributed by atoms with E-state index in [1.54, 1.807) is 12.0 Å². The minimum Gasteiger partial charge on any atom is -0.449 e. The topological polar surface area (TPSA) is 38.8 Å². The number of likely N-dealkylation sites (tertiary alicyclic amines) is 1. The zero-order valence-corrected chi connectivity index (χ0v) is 10.1. The van der Waals surface area contributed by atoms with Crippen LogP contribution in [0.5, 0.6) is 0 Å². The maximum atomic E-state index is 11.6. The van der Waals surface area contributed by atoms with Gasteiger partial charge < -0.3 is 14.4 Å². The molecular formula is C11H21NO3. The number of hydrogen-bond acceptors (Lipinski definition) is 3. The number of carbonyl (C=O) groups excluding carboxylic acids is 1. The van der Waals surface area contributed by atoms with Crippen molar-refractivity contribution >= 4 is 6.09 Å². The molecule has 15 heavy (non-hydrogen) atoms. The van der Waals surface area contributed by atoms with Crippen LogP contribution in [0.4, 0.5) is 4.79 Å². The van der Waals surface area contributed by atoms with E-state index >= 15 is 0 Å². The minimum atomic E-state index is -0.218. The van der Waals surface area contributed by atoms with Gasteiger partial charge in [-0.15, -0.1) is 0 Å². The molecule has 1 rings (SSSR count). The fourth-order valence-electron chi connectivity index (χ4n) is 1.46. The van der Waals surface area contributed by atoms with Crippen LogP contribution in [0.2, 0.25) is 0 Å². The van der Waals surface area contributed by atoms with Gasteiger partial charge in [0.15, 0.2) is 0 Å². The van der Waals surface area contributed by atoms with Gasteiger partial charge in [0.05, 0.1) is 19.3 Å².